The molecule has 0 unspecified atom stereocenters. The summed E-state index contributed by atoms with van der Waals surface area (Å²) >= 11 is 6.24. The van der Waals surface area contributed by atoms with Gasteiger partial charge in [0.25, 0.3) is 0 Å². The van der Waals surface area contributed by atoms with E-state index in [1.165, 1.54) is 12.7 Å². The maximum atomic E-state index is 6.24. The molecule has 1 heterocycles. The first-order chi connectivity index (χ1) is 8.83. The maximum absolute atomic E-state index is 6.24. The first-order valence-corrected chi connectivity index (χ1v) is 6.43. The number of ether oxygens (including phenoxy) is 1. The Bertz CT molecular complexity index is 541. The molecule has 1 aromatic carbocycles. The number of benzene rings is 1. The fraction of sp³-hybridized carbons (Fsp3) is 0.286. The molecule has 18 heavy (non-hydrogen) atoms. The Morgan fingerprint density at radius 1 is 1.22 bits per heavy atom. The smallest absolute Gasteiger partial charge is 0.138 e. The second-order valence-corrected chi connectivity index (χ2v) is 4.82. The highest BCUT2D eigenvalue weighted by atomic mass is 35.5. The van der Waals surface area contributed by atoms with Crippen molar-refractivity contribution in [2.45, 2.75) is 25.4 Å². The minimum atomic E-state index is 0.340. The van der Waals surface area contributed by atoms with Crippen LogP contribution in [-0.2, 0) is 0 Å². The largest absolute Gasteiger partial charge is 0.489 e. The molecule has 0 atom stereocenters. The van der Waals surface area contributed by atoms with Crippen LogP contribution in [0.25, 0.3) is 11.3 Å². The Labute approximate surface area is 111 Å². The Morgan fingerprint density at radius 2 is 2.11 bits per heavy atom. The van der Waals surface area contributed by atoms with Crippen molar-refractivity contribution >= 4 is 11.6 Å². The average molecular weight is 261 g/mol. The molecule has 0 spiro atoms. The highest BCUT2D eigenvalue weighted by Gasteiger charge is 2.20. The van der Waals surface area contributed by atoms with Gasteiger partial charge < -0.3 is 4.74 Å². The monoisotopic (exact) mass is 260 g/mol. The summed E-state index contributed by atoms with van der Waals surface area (Å²) in [6, 6.07) is 7.64. The third-order valence-corrected chi connectivity index (χ3v) is 3.45. The normalized spacial score (nSPS) is 15.2. The lowest BCUT2D eigenvalue weighted by molar-refractivity contribution is 0.120. The molecule has 3 nitrogen and oxygen atoms in total. The van der Waals surface area contributed by atoms with Crippen molar-refractivity contribution in [2.24, 2.45) is 0 Å². The molecule has 1 saturated carbocycles. The summed E-state index contributed by atoms with van der Waals surface area (Å²) in [6.45, 7) is 0. The van der Waals surface area contributed by atoms with Crippen LogP contribution in [0.3, 0.4) is 0 Å². The summed E-state index contributed by atoms with van der Waals surface area (Å²) < 4.78 is 5.81. The molecule has 0 amide bonds. The zero-order valence-corrected chi connectivity index (χ0v) is 10.6. The molecule has 0 aliphatic heterocycles. The van der Waals surface area contributed by atoms with Gasteiger partial charge in [-0.05, 0) is 43.5 Å². The van der Waals surface area contributed by atoms with E-state index in [2.05, 4.69) is 9.97 Å². The molecule has 1 aliphatic rings. The number of hydrogen-bond acceptors (Lipinski definition) is 3. The van der Waals surface area contributed by atoms with Gasteiger partial charge >= 0.3 is 0 Å². The third kappa shape index (κ3) is 2.31. The fourth-order valence-electron chi connectivity index (χ4n) is 1.89. The van der Waals surface area contributed by atoms with Gasteiger partial charge in [0.05, 0.1) is 16.8 Å². The van der Waals surface area contributed by atoms with Crippen LogP contribution in [0.4, 0.5) is 0 Å². The Morgan fingerprint density at radius 3 is 2.72 bits per heavy atom. The van der Waals surface area contributed by atoms with Gasteiger partial charge in [-0.2, -0.15) is 0 Å². The quantitative estimate of drug-likeness (QED) is 0.843. The molecule has 1 fully saturated rings. The Balaban J connectivity index is 1.84. The number of hydrogen-bond donors (Lipinski definition) is 0. The molecule has 0 bridgehead atoms. The first-order valence-electron chi connectivity index (χ1n) is 6.05. The van der Waals surface area contributed by atoms with E-state index in [9.17, 15) is 0 Å². The van der Waals surface area contributed by atoms with E-state index >= 15 is 0 Å². The fourth-order valence-corrected chi connectivity index (χ4v) is 2.11. The number of halogens is 1. The van der Waals surface area contributed by atoms with Crippen LogP contribution in [0.15, 0.2) is 36.8 Å². The molecule has 0 saturated heterocycles. The van der Waals surface area contributed by atoms with Crippen molar-refractivity contribution in [2.75, 3.05) is 0 Å². The van der Waals surface area contributed by atoms with Crippen LogP contribution in [-0.4, -0.2) is 16.1 Å². The lowest BCUT2D eigenvalue weighted by Crippen LogP contribution is -2.24. The molecule has 1 aliphatic carbocycles. The van der Waals surface area contributed by atoms with Crippen molar-refractivity contribution < 1.29 is 4.74 Å². The summed E-state index contributed by atoms with van der Waals surface area (Å²) in [5.41, 5.74) is 1.84. The minimum absolute atomic E-state index is 0.340. The summed E-state index contributed by atoms with van der Waals surface area (Å²) in [5.74, 6) is 0.763. The molecule has 1 aromatic heterocycles. The average Bonchev–Trinajstić information content (AvgIpc) is 2.36. The molecular weight excluding hydrogens is 248 g/mol. The van der Waals surface area contributed by atoms with Crippen LogP contribution in [0.1, 0.15) is 19.3 Å². The van der Waals surface area contributed by atoms with Crippen molar-refractivity contribution in [3.05, 3.63) is 41.8 Å². The summed E-state index contributed by atoms with van der Waals surface area (Å²) in [7, 11) is 0. The van der Waals surface area contributed by atoms with Gasteiger partial charge in [-0.15, -0.1) is 0 Å². The van der Waals surface area contributed by atoms with Gasteiger partial charge in [0.2, 0.25) is 0 Å². The summed E-state index contributed by atoms with van der Waals surface area (Å²) in [4.78, 5) is 8.10. The van der Waals surface area contributed by atoms with E-state index in [1.807, 2.05) is 24.3 Å². The Kier molecular flexibility index (Phi) is 3.15. The van der Waals surface area contributed by atoms with Crippen molar-refractivity contribution in [1.82, 2.24) is 9.97 Å². The van der Waals surface area contributed by atoms with Gasteiger partial charge in [0.15, 0.2) is 0 Å². The summed E-state index contributed by atoms with van der Waals surface area (Å²) in [6.07, 6.45) is 7.10. The minimum Gasteiger partial charge on any atom is -0.489 e. The van der Waals surface area contributed by atoms with E-state index in [0.717, 1.165) is 29.8 Å². The maximum Gasteiger partial charge on any atom is 0.138 e. The van der Waals surface area contributed by atoms with Gasteiger partial charge in [-0.3, -0.25) is 0 Å². The van der Waals surface area contributed by atoms with Crippen molar-refractivity contribution in [1.29, 1.82) is 0 Å². The second kappa shape index (κ2) is 4.94. The molecular formula is C14H13ClN2O. The zero-order chi connectivity index (χ0) is 12.4. The van der Waals surface area contributed by atoms with Gasteiger partial charge in [-0.1, -0.05) is 11.6 Å². The summed E-state index contributed by atoms with van der Waals surface area (Å²) in [5, 5.41) is 0.637. The first kappa shape index (κ1) is 11.5. The van der Waals surface area contributed by atoms with E-state index < -0.39 is 0 Å². The molecule has 92 valence electrons. The van der Waals surface area contributed by atoms with E-state index in [0.29, 0.717) is 11.1 Å². The lowest BCUT2D eigenvalue weighted by Gasteiger charge is -2.26. The van der Waals surface area contributed by atoms with E-state index in [1.54, 1.807) is 6.20 Å². The Hall–Kier alpha value is -1.61. The number of aromatic nitrogens is 2. The molecule has 0 N–H and O–H groups in total. The third-order valence-electron chi connectivity index (χ3n) is 3.16. The lowest BCUT2D eigenvalue weighted by atomic mass is 9.96. The predicted molar refractivity (Wildman–Crippen MR) is 70.7 cm³/mol. The van der Waals surface area contributed by atoms with Crippen LogP contribution in [0, 0.1) is 0 Å². The SMILES string of the molecule is Clc1cc(-c2ccncn2)ccc1OC1CCC1. The number of rotatable bonds is 3. The second-order valence-electron chi connectivity index (χ2n) is 4.41. The molecule has 2 aromatic rings. The van der Waals surface area contributed by atoms with E-state index in [-0.39, 0.29) is 0 Å². The standard InChI is InChI=1S/C14H13ClN2O/c15-12-8-10(13-6-7-16-9-17-13)4-5-14(12)18-11-2-1-3-11/h4-9,11H,1-3H2. The van der Waals surface area contributed by atoms with Crippen molar-refractivity contribution in [3.63, 3.8) is 0 Å². The topological polar surface area (TPSA) is 35.0 Å². The van der Waals surface area contributed by atoms with E-state index in [4.69, 9.17) is 16.3 Å². The van der Waals surface area contributed by atoms with Crippen LogP contribution < -0.4 is 4.74 Å². The van der Waals surface area contributed by atoms with Gasteiger partial charge in [-0.25, -0.2) is 9.97 Å². The van der Waals surface area contributed by atoms with Gasteiger partial charge in [0.1, 0.15) is 12.1 Å². The highest BCUT2D eigenvalue weighted by molar-refractivity contribution is 6.32. The highest BCUT2D eigenvalue weighted by Crippen LogP contribution is 2.33. The molecule has 4 heteroatoms. The molecule has 0 radical (unpaired) electrons. The van der Waals surface area contributed by atoms with Crippen LogP contribution in [0.5, 0.6) is 5.75 Å². The zero-order valence-electron chi connectivity index (χ0n) is 9.84. The van der Waals surface area contributed by atoms with Crippen LogP contribution in [0.2, 0.25) is 5.02 Å². The predicted octanol–water partition coefficient (Wildman–Crippen LogP) is 3.73. The van der Waals surface area contributed by atoms with Gasteiger partial charge in [0, 0.05) is 11.8 Å². The van der Waals surface area contributed by atoms with Crippen LogP contribution >= 0.6 is 11.6 Å². The number of nitrogens with zero attached hydrogens (tertiary/aromatic N) is 2. The van der Waals surface area contributed by atoms with Crippen molar-refractivity contribution in [3.8, 4) is 17.0 Å². The molecule has 3 rings (SSSR count).